The van der Waals surface area contributed by atoms with Gasteiger partial charge in [0.05, 0.1) is 23.3 Å². The van der Waals surface area contributed by atoms with E-state index < -0.39 is 5.54 Å². The Hall–Kier alpha value is -2.58. The minimum Gasteiger partial charge on any atom is -0.365 e. The van der Waals surface area contributed by atoms with E-state index in [1.807, 2.05) is 29.6 Å². The predicted molar refractivity (Wildman–Crippen MR) is 114 cm³/mol. The van der Waals surface area contributed by atoms with Gasteiger partial charge >= 0.3 is 0 Å². The van der Waals surface area contributed by atoms with Crippen LogP contribution in [0.5, 0.6) is 0 Å². The van der Waals surface area contributed by atoms with Crippen LogP contribution < -0.4 is 10.6 Å². The number of aromatic nitrogens is 3. The van der Waals surface area contributed by atoms with E-state index in [-0.39, 0.29) is 11.9 Å². The molecule has 1 aromatic carbocycles. The molecule has 29 heavy (non-hydrogen) atoms. The van der Waals surface area contributed by atoms with Crippen molar-refractivity contribution >= 4 is 34.0 Å². The van der Waals surface area contributed by atoms with E-state index >= 15 is 0 Å². The van der Waals surface area contributed by atoms with Crippen LogP contribution >= 0.6 is 11.3 Å². The van der Waals surface area contributed by atoms with Crippen molar-refractivity contribution in [1.82, 2.24) is 25.2 Å². The minimum absolute atomic E-state index is 0.127. The maximum atomic E-state index is 13.3. The fraction of sp³-hybridized carbons (Fsp3) is 0.429. The maximum absolute atomic E-state index is 13.3. The number of nitrogens with zero attached hydrogens (tertiary/aromatic N) is 4. The number of carbonyl (C=O) groups excluding carboxylic acids is 1. The van der Waals surface area contributed by atoms with Gasteiger partial charge in [0.25, 0.3) is 0 Å². The number of carbonyl (C=O) groups is 1. The summed E-state index contributed by atoms with van der Waals surface area (Å²) >= 11 is 1.55. The molecule has 1 amide bonds. The molecule has 2 aliphatic rings. The van der Waals surface area contributed by atoms with E-state index in [1.165, 1.54) is 0 Å². The monoisotopic (exact) mass is 408 g/mol. The molecule has 2 N–H and O–H groups in total. The summed E-state index contributed by atoms with van der Waals surface area (Å²) in [6.45, 7) is 2.31. The summed E-state index contributed by atoms with van der Waals surface area (Å²) in [6.07, 6.45) is 5.52. The molecule has 0 unspecified atom stereocenters. The van der Waals surface area contributed by atoms with Gasteiger partial charge in [-0.25, -0.2) is 15.0 Å². The molecule has 0 saturated carbocycles. The SMILES string of the molecule is O=C(NCc1cscn1)[C@@]12CCCCN1C[C@@H](Nc1ncnc3ccccc13)C2. The first-order valence-corrected chi connectivity index (χ1v) is 11.1. The van der Waals surface area contributed by atoms with Gasteiger partial charge in [0.15, 0.2) is 0 Å². The molecular weight excluding hydrogens is 384 g/mol. The van der Waals surface area contributed by atoms with Crippen molar-refractivity contribution in [3.8, 4) is 0 Å². The average Bonchev–Trinajstić information content (AvgIpc) is 3.40. The Morgan fingerprint density at radius 3 is 3.07 bits per heavy atom. The Morgan fingerprint density at radius 2 is 2.17 bits per heavy atom. The third-order valence-corrected chi connectivity index (χ3v) is 6.75. The molecule has 0 spiro atoms. The summed E-state index contributed by atoms with van der Waals surface area (Å²) in [7, 11) is 0. The van der Waals surface area contributed by atoms with Crippen LogP contribution in [0.3, 0.4) is 0 Å². The molecular formula is C21H24N6OS. The normalized spacial score (nSPS) is 24.3. The Balaban J connectivity index is 1.35. The number of hydrogen-bond donors (Lipinski definition) is 2. The third kappa shape index (κ3) is 3.47. The van der Waals surface area contributed by atoms with Crippen LogP contribution in [0.25, 0.3) is 10.9 Å². The first-order valence-electron chi connectivity index (χ1n) is 10.1. The van der Waals surface area contributed by atoms with Crippen LogP contribution in [0.15, 0.2) is 41.5 Å². The van der Waals surface area contributed by atoms with Crippen molar-refractivity contribution in [2.24, 2.45) is 0 Å². The number of hydrogen-bond acceptors (Lipinski definition) is 7. The summed E-state index contributed by atoms with van der Waals surface area (Å²) in [6, 6.07) is 8.19. The molecule has 0 bridgehead atoms. The zero-order valence-corrected chi connectivity index (χ0v) is 17.0. The lowest BCUT2D eigenvalue weighted by Crippen LogP contribution is -2.57. The highest BCUT2D eigenvalue weighted by atomic mass is 32.1. The van der Waals surface area contributed by atoms with Crippen molar-refractivity contribution < 1.29 is 4.79 Å². The number of piperidine rings is 1. The highest BCUT2D eigenvalue weighted by Gasteiger charge is 2.51. The van der Waals surface area contributed by atoms with Crippen LogP contribution in [0, 0.1) is 0 Å². The predicted octanol–water partition coefficient (Wildman–Crippen LogP) is 2.81. The number of amides is 1. The molecule has 4 heterocycles. The Bertz CT molecular complexity index is 1000. The molecule has 2 aliphatic heterocycles. The highest BCUT2D eigenvalue weighted by molar-refractivity contribution is 7.07. The first-order chi connectivity index (χ1) is 14.2. The lowest BCUT2D eigenvalue weighted by atomic mass is 9.84. The summed E-state index contributed by atoms with van der Waals surface area (Å²) in [5, 5.41) is 9.74. The first kappa shape index (κ1) is 18.4. The standard InChI is InChI=1S/C21H24N6OS/c28-20(22-10-16-12-29-14-25-16)21-7-3-4-8-27(21)11-15(9-21)26-19-17-5-1-2-6-18(17)23-13-24-19/h1-2,5-6,12-15H,3-4,7-11H2,(H,22,28)(H,23,24,26)/t15-,21-/m0/s1. The molecule has 0 radical (unpaired) electrons. The molecule has 7 nitrogen and oxygen atoms in total. The van der Waals surface area contributed by atoms with Crippen molar-refractivity contribution in [2.75, 3.05) is 18.4 Å². The van der Waals surface area contributed by atoms with Gasteiger partial charge in [-0.15, -0.1) is 11.3 Å². The smallest absolute Gasteiger partial charge is 0.240 e. The topological polar surface area (TPSA) is 83.0 Å². The van der Waals surface area contributed by atoms with Crippen molar-refractivity contribution in [2.45, 2.75) is 43.8 Å². The second-order valence-corrected chi connectivity index (χ2v) is 8.60. The quantitative estimate of drug-likeness (QED) is 0.676. The van der Waals surface area contributed by atoms with Crippen LogP contribution in [0.1, 0.15) is 31.4 Å². The second kappa shape index (κ2) is 7.68. The summed E-state index contributed by atoms with van der Waals surface area (Å²) in [5.41, 5.74) is 3.21. The van der Waals surface area contributed by atoms with E-state index in [2.05, 4.69) is 30.5 Å². The molecule has 150 valence electrons. The molecule has 8 heteroatoms. The molecule has 2 fully saturated rings. The van der Waals surface area contributed by atoms with E-state index in [0.717, 1.165) is 61.2 Å². The van der Waals surface area contributed by atoms with Gasteiger partial charge in [-0.3, -0.25) is 9.69 Å². The number of para-hydroxylation sites is 1. The van der Waals surface area contributed by atoms with Crippen LogP contribution in [0.2, 0.25) is 0 Å². The molecule has 2 atom stereocenters. The maximum Gasteiger partial charge on any atom is 0.240 e. The van der Waals surface area contributed by atoms with Gasteiger partial charge in [-0.05, 0) is 44.4 Å². The number of anilines is 1. The summed E-state index contributed by atoms with van der Waals surface area (Å²) < 4.78 is 0. The van der Waals surface area contributed by atoms with Crippen molar-refractivity contribution in [1.29, 1.82) is 0 Å². The fourth-order valence-electron chi connectivity index (χ4n) is 4.75. The number of rotatable bonds is 5. The Labute approximate surface area is 173 Å². The van der Waals surface area contributed by atoms with Gasteiger partial charge in [-0.1, -0.05) is 12.1 Å². The van der Waals surface area contributed by atoms with Crippen LogP contribution in [0.4, 0.5) is 5.82 Å². The van der Waals surface area contributed by atoms with Crippen molar-refractivity contribution in [3.05, 3.63) is 47.2 Å². The molecule has 2 aromatic heterocycles. The molecule has 3 aromatic rings. The Morgan fingerprint density at radius 1 is 1.24 bits per heavy atom. The molecule has 0 aliphatic carbocycles. The van der Waals surface area contributed by atoms with E-state index in [1.54, 1.807) is 23.2 Å². The third-order valence-electron chi connectivity index (χ3n) is 6.12. The molecule has 2 saturated heterocycles. The van der Waals surface area contributed by atoms with Crippen LogP contribution in [-0.2, 0) is 11.3 Å². The van der Waals surface area contributed by atoms with Gasteiger partial charge in [-0.2, -0.15) is 0 Å². The minimum atomic E-state index is -0.436. The number of thiazole rings is 1. The largest absolute Gasteiger partial charge is 0.365 e. The number of benzene rings is 1. The second-order valence-electron chi connectivity index (χ2n) is 7.88. The van der Waals surface area contributed by atoms with Gasteiger partial charge < -0.3 is 10.6 Å². The average molecular weight is 409 g/mol. The number of nitrogens with one attached hydrogen (secondary N) is 2. The lowest BCUT2D eigenvalue weighted by Gasteiger charge is -2.40. The summed E-state index contributed by atoms with van der Waals surface area (Å²) in [5.74, 6) is 0.973. The van der Waals surface area contributed by atoms with E-state index in [4.69, 9.17) is 0 Å². The van der Waals surface area contributed by atoms with Gasteiger partial charge in [0, 0.05) is 23.4 Å². The zero-order chi connectivity index (χ0) is 19.7. The highest BCUT2D eigenvalue weighted by Crippen LogP contribution is 2.39. The Kier molecular flexibility index (Phi) is 4.89. The lowest BCUT2D eigenvalue weighted by molar-refractivity contribution is -0.134. The van der Waals surface area contributed by atoms with Gasteiger partial charge in [0.1, 0.15) is 17.7 Å². The zero-order valence-electron chi connectivity index (χ0n) is 16.2. The van der Waals surface area contributed by atoms with Crippen molar-refractivity contribution in [3.63, 3.8) is 0 Å². The van der Waals surface area contributed by atoms with E-state index in [0.29, 0.717) is 6.54 Å². The number of fused-ring (bicyclic) bond motifs is 2. The van der Waals surface area contributed by atoms with E-state index in [9.17, 15) is 4.79 Å². The van der Waals surface area contributed by atoms with Crippen LogP contribution in [-0.4, -0.2) is 50.4 Å². The summed E-state index contributed by atoms with van der Waals surface area (Å²) in [4.78, 5) is 28.8. The molecule has 5 rings (SSSR count). The fourth-order valence-corrected chi connectivity index (χ4v) is 5.31. The van der Waals surface area contributed by atoms with Gasteiger partial charge in [0.2, 0.25) is 5.91 Å².